The normalized spacial score (nSPS) is 15.7. The third-order valence-corrected chi connectivity index (χ3v) is 9.89. The first-order valence-electron chi connectivity index (χ1n) is 19.4. The van der Waals surface area contributed by atoms with Crippen LogP contribution >= 0.6 is 0 Å². The lowest BCUT2D eigenvalue weighted by Gasteiger charge is -2.37. The van der Waals surface area contributed by atoms with E-state index in [0.29, 0.717) is 32.5 Å². The molecule has 0 aliphatic carbocycles. The Morgan fingerprint density at radius 2 is 1.35 bits per heavy atom. The zero-order chi connectivity index (χ0) is 40.0. The van der Waals surface area contributed by atoms with Gasteiger partial charge in [0, 0.05) is 32.6 Å². The van der Waals surface area contributed by atoms with Gasteiger partial charge in [-0.15, -0.1) is 0 Å². The topological polar surface area (TPSA) is 138 Å². The molecule has 3 aromatic rings. The van der Waals surface area contributed by atoms with Crippen LogP contribution in [0, 0.1) is 17.8 Å². The molecule has 1 heterocycles. The van der Waals surface area contributed by atoms with Crippen molar-refractivity contribution in [3.63, 3.8) is 0 Å². The number of piperidine rings is 1. The van der Waals surface area contributed by atoms with Gasteiger partial charge in [0.05, 0.1) is 12.1 Å². The molecule has 3 aromatic carbocycles. The van der Waals surface area contributed by atoms with Gasteiger partial charge in [-0.1, -0.05) is 105 Å². The predicted octanol–water partition coefficient (Wildman–Crippen LogP) is 6.38. The van der Waals surface area contributed by atoms with Crippen molar-refractivity contribution in [1.29, 1.82) is 0 Å². The summed E-state index contributed by atoms with van der Waals surface area (Å²) in [5.74, 6) is -1.17. The second-order valence-electron chi connectivity index (χ2n) is 16.1. The lowest BCUT2D eigenvalue weighted by molar-refractivity contribution is -0.140. The van der Waals surface area contributed by atoms with Crippen molar-refractivity contribution in [2.24, 2.45) is 17.8 Å². The van der Waals surface area contributed by atoms with E-state index < -0.39 is 35.8 Å². The molecule has 1 fully saturated rings. The second-order valence-corrected chi connectivity index (χ2v) is 16.1. The van der Waals surface area contributed by atoms with Crippen molar-refractivity contribution < 1.29 is 33.8 Å². The zero-order valence-electron chi connectivity index (χ0n) is 33.3. The number of hydrogen-bond donors (Lipinski definition) is 3. The van der Waals surface area contributed by atoms with E-state index in [1.807, 2.05) is 105 Å². The first kappa shape index (κ1) is 42.8. The van der Waals surface area contributed by atoms with Gasteiger partial charge in [-0.05, 0) is 81.4 Å². The van der Waals surface area contributed by atoms with Crippen LogP contribution in [0.15, 0.2) is 91.0 Å². The van der Waals surface area contributed by atoms with Crippen LogP contribution in [-0.2, 0) is 38.5 Å². The van der Waals surface area contributed by atoms with E-state index in [9.17, 15) is 24.3 Å². The van der Waals surface area contributed by atoms with Gasteiger partial charge in [-0.2, -0.15) is 0 Å². The fraction of sp³-hybridized carbons (Fsp3) is 0.500. The Kier molecular flexibility index (Phi) is 16.1. The van der Waals surface area contributed by atoms with Gasteiger partial charge < -0.3 is 35.0 Å². The minimum Gasteiger partial charge on any atom is -0.445 e. The molecule has 1 saturated heterocycles. The van der Waals surface area contributed by atoms with Gasteiger partial charge >= 0.3 is 12.2 Å². The Hall–Kier alpha value is -4.90. The third kappa shape index (κ3) is 14.4. The second kappa shape index (κ2) is 20.7. The molecule has 298 valence electrons. The van der Waals surface area contributed by atoms with E-state index in [-0.39, 0.29) is 42.8 Å². The first-order chi connectivity index (χ1) is 26.2. The number of nitrogens with one attached hydrogen (secondary N) is 2. The highest BCUT2D eigenvalue weighted by atomic mass is 16.6. The van der Waals surface area contributed by atoms with Crippen LogP contribution in [-0.4, -0.2) is 89.4 Å². The van der Waals surface area contributed by atoms with Crippen molar-refractivity contribution in [1.82, 2.24) is 20.4 Å². The number of aliphatic hydroxyl groups is 1. The van der Waals surface area contributed by atoms with Crippen molar-refractivity contribution in [2.45, 2.75) is 97.1 Å². The summed E-state index contributed by atoms with van der Waals surface area (Å²) >= 11 is 0. The molecule has 11 heteroatoms. The quantitative estimate of drug-likeness (QED) is 0.154. The Labute approximate surface area is 326 Å². The number of carbonyl (C=O) groups is 4. The molecule has 4 amide bonds. The molecule has 55 heavy (non-hydrogen) atoms. The lowest BCUT2D eigenvalue weighted by Crippen LogP contribution is -2.55. The van der Waals surface area contributed by atoms with Crippen LogP contribution in [0.3, 0.4) is 0 Å². The fourth-order valence-electron chi connectivity index (χ4n) is 6.86. The zero-order valence-corrected chi connectivity index (χ0v) is 33.3. The Morgan fingerprint density at radius 3 is 1.87 bits per heavy atom. The van der Waals surface area contributed by atoms with Crippen molar-refractivity contribution in [3.8, 4) is 0 Å². The molecular weight excluding hydrogens is 697 g/mol. The average Bonchev–Trinajstić information content (AvgIpc) is 3.15. The Balaban J connectivity index is 1.40. The average molecular weight is 757 g/mol. The highest BCUT2D eigenvalue weighted by molar-refractivity contribution is 5.89. The molecule has 1 aliphatic rings. The minimum atomic E-state index is -1.10. The van der Waals surface area contributed by atoms with Crippen LogP contribution in [0.25, 0.3) is 0 Å². The summed E-state index contributed by atoms with van der Waals surface area (Å²) in [4.78, 5) is 57.1. The van der Waals surface area contributed by atoms with Gasteiger partial charge in [0.15, 0.2) is 0 Å². The number of rotatable bonds is 16. The lowest BCUT2D eigenvalue weighted by atomic mass is 9.88. The van der Waals surface area contributed by atoms with E-state index in [2.05, 4.69) is 10.6 Å². The first-order valence-corrected chi connectivity index (χ1v) is 19.4. The molecule has 0 spiro atoms. The predicted molar refractivity (Wildman–Crippen MR) is 213 cm³/mol. The standard InChI is InChI=1S/C44H60N4O7/c1-31(2)39(41(51)48-24-22-34(23-25-48)29-47(6)43(53)54-30-35-20-14-9-15-21-35)46-40(50)36(26-32-16-10-7-11-17-32)28-38(49)37(27-33-18-12-8-13-19-33)45-42(52)55-44(3,4)5/h7-21,31,34,36-39,49H,22-30H2,1-6H3,(H,45,52)(H,46,50). The minimum absolute atomic E-state index is 0.0414. The number of amides is 4. The van der Waals surface area contributed by atoms with E-state index in [1.165, 1.54) is 0 Å². The molecule has 4 unspecified atom stereocenters. The van der Waals surface area contributed by atoms with Gasteiger partial charge in [-0.25, -0.2) is 9.59 Å². The number of benzene rings is 3. The van der Waals surface area contributed by atoms with Gasteiger partial charge in [0.2, 0.25) is 11.8 Å². The van der Waals surface area contributed by atoms with Gasteiger partial charge in [-0.3, -0.25) is 9.59 Å². The van der Waals surface area contributed by atoms with Crippen molar-refractivity contribution in [3.05, 3.63) is 108 Å². The van der Waals surface area contributed by atoms with Crippen LogP contribution in [0.5, 0.6) is 0 Å². The third-order valence-electron chi connectivity index (χ3n) is 9.89. The summed E-state index contributed by atoms with van der Waals surface area (Å²) in [5, 5.41) is 17.6. The van der Waals surface area contributed by atoms with Gasteiger partial charge in [0.25, 0.3) is 0 Å². The molecule has 3 N–H and O–H groups in total. The summed E-state index contributed by atoms with van der Waals surface area (Å²) in [6.45, 7) is 10.9. The van der Waals surface area contributed by atoms with Gasteiger partial charge in [0.1, 0.15) is 18.2 Å². The van der Waals surface area contributed by atoms with E-state index in [1.54, 1.807) is 37.6 Å². The Bertz CT molecular complexity index is 1640. The monoisotopic (exact) mass is 756 g/mol. The molecule has 0 saturated carbocycles. The summed E-state index contributed by atoms with van der Waals surface area (Å²) in [6.07, 6.45) is 0.00311. The van der Waals surface area contributed by atoms with E-state index in [0.717, 1.165) is 29.5 Å². The maximum atomic E-state index is 14.2. The van der Waals surface area contributed by atoms with Crippen molar-refractivity contribution >= 4 is 24.0 Å². The van der Waals surface area contributed by atoms with E-state index >= 15 is 0 Å². The highest BCUT2D eigenvalue weighted by Gasteiger charge is 2.35. The largest absolute Gasteiger partial charge is 0.445 e. The number of ether oxygens (including phenoxy) is 2. The highest BCUT2D eigenvalue weighted by Crippen LogP contribution is 2.23. The summed E-state index contributed by atoms with van der Waals surface area (Å²) in [6, 6.07) is 27.1. The molecule has 0 radical (unpaired) electrons. The molecule has 4 atom stereocenters. The molecule has 4 rings (SSSR count). The van der Waals surface area contributed by atoms with E-state index in [4.69, 9.17) is 9.47 Å². The van der Waals surface area contributed by atoms with Crippen LogP contribution in [0.4, 0.5) is 9.59 Å². The SMILES string of the molecule is CC(C)C(NC(=O)C(Cc1ccccc1)CC(O)C(Cc1ccccc1)NC(=O)OC(C)(C)C)C(=O)N1CCC(CN(C)C(=O)OCc2ccccc2)CC1. The molecule has 11 nitrogen and oxygen atoms in total. The molecule has 1 aliphatic heterocycles. The Morgan fingerprint density at radius 1 is 0.818 bits per heavy atom. The molecular formula is C44H60N4O7. The number of nitrogens with zero attached hydrogens (tertiary/aromatic N) is 2. The van der Waals surface area contributed by atoms with Crippen molar-refractivity contribution in [2.75, 3.05) is 26.7 Å². The summed E-state index contributed by atoms with van der Waals surface area (Å²) in [7, 11) is 1.73. The summed E-state index contributed by atoms with van der Waals surface area (Å²) in [5.41, 5.74) is 2.02. The van der Waals surface area contributed by atoms with Crippen LogP contribution in [0.2, 0.25) is 0 Å². The number of hydrogen-bond acceptors (Lipinski definition) is 7. The fourth-order valence-corrected chi connectivity index (χ4v) is 6.86. The number of likely N-dealkylation sites (tertiary alicyclic amines) is 1. The number of alkyl carbamates (subject to hydrolysis) is 1. The van der Waals surface area contributed by atoms with Crippen LogP contribution < -0.4 is 10.6 Å². The molecule has 0 bridgehead atoms. The summed E-state index contributed by atoms with van der Waals surface area (Å²) < 4.78 is 11.0. The smallest absolute Gasteiger partial charge is 0.409 e. The molecule has 0 aromatic heterocycles. The van der Waals surface area contributed by atoms with Crippen LogP contribution in [0.1, 0.15) is 70.6 Å². The number of aliphatic hydroxyl groups excluding tert-OH is 1. The maximum Gasteiger partial charge on any atom is 0.409 e. The maximum absolute atomic E-state index is 14.2. The number of carbonyl (C=O) groups excluding carboxylic acids is 4.